The minimum absolute atomic E-state index is 1.09. The summed E-state index contributed by atoms with van der Waals surface area (Å²) in [6.07, 6.45) is 0. The molecule has 0 atom stereocenters. The molecular weight excluding hydrogens is 749 g/mol. The monoisotopic (exact) mass is 790 g/mol. The van der Waals surface area contributed by atoms with Gasteiger partial charge in [-0.3, -0.25) is 0 Å². The van der Waals surface area contributed by atoms with E-state index < -0.39 is 0 Å². The zero-order chi connectivity index (χ0) is 41.2. The highest BCUT2D eigenvalue weighted by Gasteiger charge is 2.22. The van der Waals surface area contributed by atoms with Crippen molar-refractivity contribution in [3.05, 3.63) is 255 Å². The van der Waals surface area contributed by atoms with Crippen LogP contribution in [0.3, 0.4) is 0 Å². The molecule has 0 aliphatic carbocycles. The molecular formula is C60H42N2. The van der Waals surface area contributed by atoms with Crippen LogP contribution in [0.2, 0.25) is 0 Å². The Balaban J connectivity index is 1.21. The second kappa shape index (κ2) is 16.1. The molecule has 2 heteroatoms. The van der Waals surface area contributed by atoms with Gasteiger partial charge in [-0.2, -0.15) is 0 Å². The van der Waals surface area contributed by atoms with E-state index in [4.69, 9.17) is 0 Å². The van der Waals surface area contributed by atoms with Gasteiger partial charge < -0.3 is 9.80 Å². The molecule has 292 valence electrons. The fourth-order valence-electron chi connectivity index (χ4n) is 9.11. The fourth-order valence-corrected chi connectivity index (χ4v) is 9.11. The van der Waals surface area contributed by atoms with E-state index in [-0.39, 0.29) is 0 Å². The molecule has 0 saturated heterocycles. The first kappa shape index (κ1) is 36.8. The van der Waals surface area contributed by atoms with Gasteiger partial charge in [0.15, 0.2) is 0 Å². The number of fused-ring (bicyclic) bond motifs is 3. The Hall–Kier alpha value is -8.20. The van der Waals surface area contributed by atoms with Crippen molar-refractivity contribution >= 4 is 66.4 Å². The third kappa shape index (κ3) is 6.84. The zero-order valence-corrected chi connectivity index (χ0v) is 34.1. The van der Waals surface area contributed by atoms with E-state index in [1.807, 2.05) is 0 Å². The molecule has 11 aromatic rings. The molecule has 62 heavy (non-hydrogen) atoms. The summed E-state index contributed by atoms with van der Waals surface area (Å²) in [5, 5.41) is 7.22. The molecule has 11 rings (SSSR count). The molecule has 0 N–H and O–H groups in total. The molecule has 0 unspecified atom stereocenters. The second-order valence-electron chi connectivity index (χ2n) is 15.7. The number of anilines is 6. The molecule has 0 aliphatic rings. The Bertz CT molecular complexity index is 3270. The van der Waals surface area contributed by atoms with Gasteiger partial charge in [0.2, 0.25) is 0 Å². The summed E-state index contributed by atoms with van der Waals surface area (Å²) < 4.78 is 0. The number of benzene rings is 11. The highest BCUT2D eigenvalue weighted by molar-refractivity contribution is 6.22. The predicted octanol–water partition coefficient (Wildman–Crippen LogP) is 17.1. The van der Waals surface area contributed by atoms with E-state index in [1.165, 1.54) is 65.7 Å². The quantitative estimate of drug-likeness (QED) is 0.134. The number of hydrogen-bond acceptors (Lipinski definition) is 2. The maximum atomic E-state index is 2.41. The van der Waals surface area contributed by atoms with E-state index in [9.17, 15) is 0 Å². The molecule has 11 aromatic carbocycles. The Morgan fingerprint density at radius 1 is 0.194 bits per heavy atom. The molecule has 0 bridgehead atoms. The van der Waals surface area contributed by atoms with Crippen molar-refractivity contribution in [1.29, 1.82) is 0 Å². The zero-order valence-electron chi connectivity index (χ0n) is 34.1. The smallest absolute Gasteiger partial charge is 0.0468 e. The van der Waals surface area contributed by atoms with Crippen molar-refractivity contribution in [1.82, 2.24) is 0 Å². The van der Waals surface area contributed by atoms with Crippen LogP contribution in [0.1, 0.15) is 0 Å². The summed E-state index contributed by atoms with van der Waals surface area (Å²) in [6, 6.07) is 92.2. The maximum Gasteiger partial charge on any atom is 0.0468 e. The van der Waals surface area contributed by atoms with Crippen molar-refractivity contribution < 1.29 is 0 Å². The minimum atomic E-state index is 1.09. The average molecular weight is 791 g/mol. The summed E-state index contributed by atoms with van der Waals surface area (Å²) in [7, 11) is 0. The van der Waals surface area contributed by atoms with Crippen LogP contribution in [0.5, 0.6) is 0 Å². The summed E-state index contributed by atoms with van der Waals surface area (Å²) >= 11 is 0. The molecule has 0 saturated carbocycles. The van der Waals surface area contributed by atoms with Crippen molar-refractivity contribution in [3.63, 3.8) is 0 Å². The third-order valence-electron chi connectivity index (χ3n) is 12.0. The topological polar surface area (TPSA) is 6.48 Å². The second-order valence-corrected chi connectivity index (χ2v) is 15.7. The first-order valence-corrected chi connectivity index (χ1v) is 21.3. The van der Waals surface area contributed by atoms with Crippen molar-refractivity contribution in [2.24, 2.45) is 0 Å². The lowest BCUT2D eigenvalue weighted by molar-refractivity contribution is 1.29. The van der Waals surface area contributed by atoms with Gasteiger partial charge in [-0.15, -0.1) is 0 Å². The SMILES string of the molecule is c1ccc(-c2ccc(-c3c4ccc(N(c5ccccc5)c5ccc6ccccc6c5)cc4c(-c4ccccc4)c4ccc(N(c5ccccc5)c5ccccc5)cc34)cc2)cc1. The third-order valence-corrected chi connectivity index (χ3v) is 12.0. The molecule has 0 fully saturated rings. The van der Waals surface area contributed by atoms with E-state index >= 15 is 0 Å². The first-order chi connectivity index (χ1) is 30.8. The van der Waals surface area contributed by atoms with Crippen LogP contribution in [-0.2, 0) is 0 Å². The highest BCUT2D eigenvalue weighted by Crippen LogP contribution is 2.48. The van der Waals surface area contributed by atoms with Crippen LogP contribution in [0, 0.1) is 0 Å². The number of hydrogen-bond donors (Lipinski definition) is 0. The Kier molecular flexibility index (Phi) is 9.57. The van der Waals surface area contributed by atoms with Gasteiger partial charge in [0.05, 0.1) is 0 Å². The van der Waals surface area contributed by atoms with Crippen molar-refractivity contribution in [2.75, 3.05) is 9.80 Å². The van der Waals surface area contributed by atoms with E-state index in [0.29, 0.717) is 0 Å². The van der Waals surface area contributed by atoms with Crippen LogP contribution in [-0.4, -0.2) is 0 Å². The standard InChI is InChI=1S/C60H42N2/c1-6-18-43(19-7-1)45-30-32-47(33-31-45)60-56-39-37-54(62(51-28-14-5-15-29-51)52-35-34-44-20-16-17-23-48(44)40-52)42-57(56)59(46-21-8-2-9-22-46)55-38-36-53(41-58(55)60)61(49-24-10-3-11-25-49)50-26-12-4-13-27-50/h1-42H. The lowest BCUT2D eigenvalue weighted by Crippen LogP contribution is -2.10. The summed E-state index contributed by atoms with van der Waals surface area (Å²) in [5.74, 6) is 0. The summed E-state index contributed by atoms with van der Waals surface area (Å²) in [4.78, 5) is 4.75. The lowest BCUT2D eigenvalue weighted by atomic mass is 9.85. The number of rotatable bonds is 9. The van der Waals surface area contributed by atoms with Crippen LogP contribution in [0.4, 0.5) is 34.1 Å². The fraction of sp³-hybridized carbons (Fsp3) is 0. The van der Waals surface area contributed by atoms with Crippen LogP contribution < -0.4 is 9.80 Å². The Morgan fingerprint density at radius 3 is 1.03 bits per heavy atom. The first-order valence-electron chi connectivity index (χ1n) is 21.3. The van der Waals surface area contributed by atoms with Gasteiger partial charge in [0, 0.05) is 34.1 Å². The Morgan fingerprint density at radius 2 is 0.532 bits per heavy atom. The molecule has 0 amide bonds. The largest absolute Gasteiger partial charge is 0.310 e. The van der Waals surface area contributed by atoms with Gasteiger partial charge in [-0.05, 0) is 138 Å². The molecule has 0 aromatic heterocycles. The molecule has 0 aliphatic heterocycles. The lowest BCUT2D eigenvalue weighted by Gasteiger charge is -2.28. The van der Waals surface area contributed by atoms with E-state index in [1.54, 1.807) is 0 Å². The summed E-state index contributed by atoms with van der Waals surface area (Å²) in [6.45, 7) is 0. The number of para-hydroxylation sites is 3. The minimum Gasteiger partial charge on any atom is -0.310 e. The molecule has 0 radical (unpaired) electrons. The molecule has 0 heterocycles. The van der Waals surface area contributed by atoms with Crippen LogP contribution >= 0.6 is 0 Å². The van der Waals surface area contributed by atoms with E-state index in [2.05, 4.69) is 265 Å². The van der Waals surface area contributed by atoms with Gasteiger partial charge in [-0.25, -0.2) is 0 Å². The molecule has 0 spiro atoms. The van der Waals surface area contributed by atoms with Gasteiger partial charge >= 0.3 is 0 Å². The van der Waals surface area contributed by atoms with Crippen LogP contribution in [0.25, 0.3) is 65.7 Å². The van der Waals surface area contributed by atoms with Gasteiger partial charge in [0.1, 0.15) is 0 Å². The maximum absolute atomic E-state index is 2.41. The predicted molar refractivity (Wildman–Crippen MR) is 265 cm³/mol. The van der Waals surface area contributed by atoms with Gasteiger partial charge in [-0.1, -0.05) is 182 Å². The molecule has 2 nitrogen and oxygen atoms in total. The number of nitrogens with zero attached hydrogens (tertiary/aromatic N) is 2. The average Bonchev–Trinajstić information content (AvgIpc) is 3.35. The normalized spacial score (nSPS) is 11.2. The van der Waals surface area contributed by atoms with Crippen molar-refractivity contribution in [2.45, 2.75) is 0 Å². The Labute approximate surface area is 362 Å². The summed E-state index contributed by atoms with van der Waals surface area (Å²) in [5.41, 5.74) is 13.8. The highest BCUT2D eigenvalue weighted by atomic mass is 15.1. The van der Waals surface area contributed by atoms with Crippen LogP contribution in [0.15, 0.2) is 255 Å². The van der Waals surface area contributed by atoms with Gasteiger partial charge in [0.25, 0.3) is 0 Å². The van der Waals surface area contributed by atoms with E-state index in [0.717, 1.165) is 34.1 Å². The van der Waals surface area contributed by atoms with Crippen molar-refractivity contribution in [3.8, 4) is 33.4 Å².